The second-order valence-corrected chi connectivity index (χ2v) is 6.59. The molecule has 0 saturated heterocycles. The molecular weight excluding hydrogens is 411 g/mol. The van der Waals surface area contributed by atoms with Crippen LogP contribution in [0.4, 0.5) is 4.39 Å². The molecule has 3 aromatic carbocycles. The Morgan fingerprint density at radius 2 is 1.30 bits per heavy atom. The Kier molecular flexibility index (Phi) is 6.77. The van der Waals surface area contributed by atoms with Gasteiger partial charge in [-0.1, -0.05) is 11.6 Å². The van der Waals surface area contributed by atoms with Crippen LogP contribution < -0.4 is 15.6 Å². The van der Waals surface area contributed by atoms with Gasteiger partial charge in [0.2, 0.25) is 0 Å². The number of carbonyl (C=O) groups excluding carboxylic acids is 3. The van der Waals surface area contributed by atoms with Crippen LogP contribution in [0, 0.1) is 5.82 Å². The number of nitrogens with one attached hydrogen (secondary N) is 2. The van der Waals surface area contributed by atoms with Gasteiger partial charge in [0, 0.05) is 21.7 Å². The predicted molar refractivity (Wildman–Crippen MR) is 109 cm³/mol. The molecule has 0 saturated carbocycles. The zero-order valence-corrected chi connectivity index (χ0v) is 16.3. The van der Waals surface area contributed by atoms with Gasteiger partial charge in [-0.25, -0.2) is 4.39 Å². The van der Waals surface area contributed by atoms with Crippen molar-refractivity contribution in [1.29, 1.82) is 0 Å². The number of benzene rings is 3. The fourth-order valence-electron chi connectivity index (χ4n) is 2.46. The molecule has 0 aliphatic carbocycles. The largest absolute Gasteiger partial charge is 0.484 e. The number of halogens is 2. The van der Waals surface area contributed by atoms with Crippen molar-refractivity contribution in [2.75, 3.05) is 6.61 Å². The highest BCUT2D eigenvalue weighted by Crippen LogP contribution is 2.17. The summed E-state index contributed by atoms with van der Waals surface area (Å²) in [5.74, 6) is -1.44. The first-order chi connectivity index (χ1) is 14.4. The maximum absolute atomic E-state index is 12.9. The third-order valence-corrected chi connectivity index (χ3v) is 4.27. The summed E-state index contributed by atoms with van der Waals surface area (Å²) in [6.45, 7) is -0.353. The Bertz CT molecular complexity index is 1050. The summed E-state index contributed by atoms with van der Waals surface area (Å²) in [6.07, 6.45) is 0. The summed E-state index contributed by atoms with van der Waals surface area (Å²) in [5.41, 5.74) is 5.56. The van der Waals surface area contributed by atoms with Crippen LogP contribution in [0.3, 0.4) is 0 Å². The Morgan fingerprint density at radius 1 is 0.767 bits per heavy atom. The second-order valence-electron chi connectivity index (χ2n) is 6.16. The fraction of sp³-hybridized carbons (Fsp3) is 0.0455. The third-order valence-electron chi connectivity index (χ3n) is 4.01. The molecule has 8 heteroatoms. The molecule has 0 atom stereocenters. The third kappa shape index (κ3) is 5.65. The van der Waals surface area contributed by atoms with E-state index in [1.165, 1.54) is 12.1 Å². The molecule has 6 nitrogen and oxygen atoms in total. The SMILES string of the molecule is O=C(COc1ccc(C(=O)c2ccc(Cl)cc2)cc1)NNC(=O)c1ccc(F)cc1. The summed E-state index contributed by atoms with van der Waals surface area (Å²) >= 11 is 5.82. The molecular formula is C22H16ClFN2O4. The van der Waals surface area contributed by atoms with Crippen molar-refractivity contribution in [3.05, 3.63) is 100 Å². The lowest BCUT2D eigenvalue weighted by Gasteiger charge is -2.09. The monoisotopic (exact) mass is 426 g/mol. The first kappa shape index (κ1) is 21.0. The van der Waals surface area contributed by atoms with Gasteiger partial charge < -0.3 is 4.74 Å². The van der Waals surface area contributed by atoms with Crippen molar-refractivity contribution in [3.63, 3.8) is 0 Å². The second kappa shape index (κ2) is 9.67. The zero-order valence-electron chi connectivity index (χ0n) is 15.5. The fourth-order valence-corrected chi connectivity index (χ4v) is 2.58. The van der Waals surface area contributed by atoms with Crippen molar-refractivity contribution < 1.29 is 23.5 Å². The van der Waals surface area contributed by atoms with E-state index in [0.29, 0.717) is 21.9 Å². The minimum Gasteiger partial charge on any atom is -0.484 e. The van der Waals surface area contributed by atoms with E-state index in [0.717, 1.165) is 12.1 Å². The van der Waals surface area contributed by atoms with Gasteiger partial charge in [0.25, 0.3) is 11.8 Å². The van der Waals surface area contributed by atoms with E-state index in [4.69, 9.17) is 16.3 Å². The van der Waals surface area contributed by atoms with Crippen molar-refractivity contribution >= 4 is 29.2 Å². The lowest BCUT2D eigenvalue weighted by atomic mass is 10.0. The average molecular weight is 427 g/mol. The molecule has 0 aromatic heterocycles. The molecule has 0 heterocycles. The topological polar surface area (TPSA) is 84.5 Å². The minimum absolute atomic E-state index is 0.167. The van der Waals surface area contributed by atoms with Crippen LogP contribution in [-0.2, 0) is 4.79 Å². The Balaban J connectivity index is 1.48. The van der Waals surface area contributed by atoms with Crippen LogP contribution in [0.15, 0.2) is 72.8 Å². The summed E-state index contributed by atoms with van der Waals surface area (Å²) in [4.78, 5) is 36.1. The predicted octanol–water partition coefficient (Wildman–Crippen LogP) is 3.55. The van der Waals surface area contributed by atoms with Crippen molar-refractivity contribution in [2.24, 2.45) is 0 Å². The van der Waals surface area contributed by atoms with Crippen molar-refractivity contribution in [1.82, 2.24) is 10.9 Å². The summed E-state index contributed by atoms with van der Waals surface area (Å²) in [6, 6.07) is 17.7. The van der Waals surface area contributed by atoms with Crippen LogP contribution in [-0.4, -0.2) is 24.2 Å². The van der Waals surface area contributed by atoms with E-state index in [1.807, 2.05) is 0 Å². The number of hydrogen-bond donors (Lipinski definition) is 2. The Morgan fingerprint density at radius 3 is 1.90 bits per heavy atom. The highest BCUT2D eigenvalue weighted by atomic mass is 35.5. The van der Waals surface area contributed by atoms with Gasteiger partial charge in [-0.15, -0.1) is 0 Å². The Hall–Kier alpha value is -3.71. The first-order valence-corrected chi connectivity index (χ1v) is 9.18. The van der Waals surface area contributed by atoms with Gasteiger partial charge in [-0.2, -0.15) is 0 Å². The molecule has 0 radical (unpaired) electrons. The standard InChI is InChI=1S/C22H16ClFN2O4/c23-17-7-1-14(2-8-17)21(28)15-5-11-19(12-6-15)30-13-20(27)25-26-22(29)16-3-9-18(24)10-4-16/h1-12H,13H2,(H,25,27)(H,26,29). The number of ether oxygens (including phenoxy) is 1. The van der Waals surface area contributed by atoms with E-state index in [9.17, 15) is 18.8 Å². The molecule has 0 aliphatic heterocycles. The van der Waals surface area contributed by atoms with Gasteiger partial charge in [0.05, 0.1) is 0 Å². The molecule has 3 rings (SSSR count). The van der Waals surface area contributed by atoms with Crippen molar-refractivity contribution in [2.45, 2.75) is 0 Å². The molecule has 0 aliphatic rings. The van der Waals surface area contributed by atoms with Crippen LogP contribution in [0.25, 0.3) is 0 Å². The van der Waals surface area contributed by atoms with E-state index < -0.39 is 17.6 Å². The Labute approximate surface area is 176 Å². The normalized spacial score (nSPS) is 10.2. The van der Waals surface area contributed by atoms with Crippen LogP contribution in [0.1, 0.15) is 26.3 Å². The van der Waals surface area contributed by atoms with E-state index in [-0.39, 0.29) is 18.0 Å². The van der Waals surface area contributed by atoms with E-state index >= 15 is 0 Å². The number of hydrazine groups is 1. The van der Waals surface area contributed by atoms with Gasteiger partial charge in [0.15, 0.2) is 12.4 Å². The number of hydrogen-bond acceptors (Lipinski definition) is 4. The molecule has 2 amide bonds. The molecule has 0 fully saturated rings. The maximum Gasteiger partial charge on any atom is 0.276 e. The average Bonchev–Trinajstić information content (AvgIpc) is 2.77. The van der Waals surface area contributed by atoms with Gasteiger partial charge in [0.1, 0.15) is 11.6 Å². The lowest BCUT2D eigenvalue weighted by molar-refractivity contribution is -0.123. The highest BCUT2D eigenvalue weighted by Gasteiger charge is 2.10. The number of carbonyl (C=O) groups is 3. The van der Waals surface area contributed by atoms with E-state index in [1.54, 1.807) is 48.5 Å². The molecule has 2 N–H and O–H groups in total. The maximum atomic E-state index is 12.9. The number of ketones is 1. The van der Waals surface area contributed by atoms with Gasteiger partial charge in [-0.3, -0.25) is 25.2 Å². The summed E-state index contributed by atoms with van der Waals surface area (Å²) < 4.78 is 18.2. The molecule has 0 bridgehead atoms. The van der Waals surface area contributed by atoms with Gasteiger partial charge in [-0.05, 0) is 72.8 Å². The van der Waals surface area contributed by atoms with Crippen LogP contribution in [0.2, 0.25) is 5.02 Å². The first-order valence-electron chi connectivity index (χ1n) is 8.80. The van der Waals surface area contributed by atoms with E-state index in [2.05, 4.69) is 10.9 Å². The summed E-state index contributed by atoms with van der Waals surface area (Å²) in [7, 11) is 0. The number of amides is 2. The van der Waals surface area contributed by atoms with Gasteiger partial charge >= 0.3 is 0 Å². The summed E-state index contributed by atoms with van der Waals surface area (Å²) in [5, 5.41) is 0.544. The highest BCUT2D eigenvalue weighted by molar-refractivity contribution is 6.30. The lowest BCUT2D eigenvalue weighted by Crippen LogP contribution is -2.43. The molecule has 152 valence electrons. The molecule has 0 unspecified atom stereocenters. The minimum atomic E-state index is -0.591. The van der Waals surface area contributed by atoms with Crippen LogP contribution >= 0.6 is 11.6 Å². The number of rotatable bonds is 6. The molecule has 30 heavy (non-hydrogen) atoms. The smallest absolute Gasteiger partial charge is 0.276 e. The molecule has 0 spiro atoms. The van der Waals surface area contributed by atoms with Crippen molar-refractivity contribution in [3.8, 4) is 5.75 Å². The zero-order chi connectivity index (χ0) is 21.5. The van der Waals surface area contributed by atoms with Crippen LogP contribution in [0.5, 0.6) is 5.75 Å². The molecule has 3 aromatic rings. The quantitative estimate of drug-likeness (QED) is 0.466.